The van der Waals surface area contributed by atoms with Crippen molar-refractivity contribution in [2.75, 3.05) is 7.11 Å². The minimum absolute atomic E-state index is 0.175. The molecule has 4 heteroatoms. The second kappa shape index (κ2) is 6.29. The maximum absolute atomic E-state index is 11.4. The number of ether oxygens (including phenoxy) is 1. The lowest BCUT2D eigenvalue weighted by atomic mass is 10.2. The zero-order valence-corrected chi connectivity index (χ0v) is 11.3. The highest BCUT2D eigenvalue weighted by molar-refractivity contribution is 7.98. The maximum Gasteiger partial charge on any atom is 0.337 e. The van der Waals surface area contributed by atoms with Crippen molar-refractivity contribution in [3.05, 3.63) is 59.7 Å². The molecule has 0 fully saturated rings. The third kappa shape index (κ3) is 3.51. The average molecular weight is 274 g/mol. The molecule has 1 N–H and O–H groups in total. The largest absolute Gasteiger partial charge is 0.507 e. The molecule has 0 aliphatic carbocycles. The third-order valence-electron chi connectivity index (χ3n) is 2.62. The van der Waals surface area contributed by atoms with Crippen molar-refractivity contribution in [2.45, 2.75) is 10.6 Å². The number of benzene rings is 2. The molecule has 0 spiro atoms. The number of phenols is 1. The van der Waals surface area contributed by atoms with Crippen LogP contribution in [-0.2, 0) is 10.5 Å². The first-order chi connectivity index (χ1) is 9.20. The van der Waals surface area contributed by atoms with E-state index in [-0.39, 0.29) is 5.75 Å². The molecule has 0 radical (unpaired) electrons. The Morgan fingerprint density at radius 2 is 1.95 bits per heavy atom. The van der Waals surface area contributed by atoms with Crippen LogP contribution >= 0.6 is 11.8 Å². The number of esters is 1. The molecule has 0 saturated heterocycles. The molecule has 0 unspecified atom stereocenters. The van der Waals surface area contributed by atoms with Crippen LogP contribution in [0.25, 0.3) is 0 Å². The van der Waals surface area contributed by atoms with E-state index in [0.717, 1.165) is 11.3 Å². The molecule has 0 bridgehead atoms. The molecule has 0 aromatic heterocycles. The first-order valence-corrected chi connectivity index (χ1v) is 6.77. The van der Waals surface area contributed by atoms with E-state index in [2.05, 4.69) is 4.74 Å². The van der Waals surface area contributed by atoms with Gasteiger partial charge >= 0.3 is 5.97 Å². The number of rotatable bonds is 4. The Balaban J connectivity index is 2.13. The van der Waals surface area contributed by atoms with Gasteiger partial charge in [-0.15, -0.1) is 11.8 Å². The monoisotopic (exact) mass is 274 g/mol. The van der Waals surface area contributed by atoms with Crippen molar-refractivity contribution in [3.63, 3.8) is 0 Å². The molecule has 98 valence electrons. The Kier molecular flexibility index (Phi) is 4.47. The van der Waals surface area contributed by atoms with Crippen molar-refractivity contribution in [1.29, 1.82) is 0 Å². The standard InChI is InChI=1S/C15H14O3S/c1-18-15(17)12-7-8-13(16)14(9-12)19-10-11-5-3-2-4-6-11/h2-9,16H,10H2,1H3. The van der Waals surface area contributed by atoms with Crippen LogP contribution in [0.3, 0.4) is 0 Å². The number of phenolic OH excluding ortho intramolecular Hbond substituents is 1. The van der Waals surface area contributed by atoms with Gasteiger partial charge in [0.2, 0.25) is 0 Å². The number of hydrogen-bond acceptors (Lipinski definition) is 4. The summed E-state index contributed by atoms with van der Waals surface area (Å²) in [6.45, 7) is 0. The van der Waals surface area contributed by atoms with Crippen LogP contribution in [0.15, 0.2) is 53.4 Å². The molecule has 2 aromatic carbocycles. The van der Waals surface area contributed by atoms with E-state index in [1.54, 1.807) is 12.1 Å². The van der Waals surface area contributed by atoms with Crippen molar-refractivity contribution < 1.29 is 14.6 Å². The summed E-state index contributed by atoms with van der Waals surface area (Å²) in [6.07, 6.45) is 0. The maximum atomic E-state index is 11.4. The van der Waals surface area contributed by atoms with Gasteiger partial charge in [-0.25, -0.2) is 4.79 Å². The van der Waals surface area contributed by atoms with Gasteiger partial charge in [-0.2, -0.15) is 0 Å². The van der Waals surface area contributed by atoms with Gasteiger partial charge in [0.25, 0.3) is 0 Å². The summed E-state index contributed by atoms with van der Waals surface area (Å²) in [7, 11) is 1.34. The Morgan fingerprint density at radius 3 is 2.63 bits per heavy atom. The second-order valence-electron chi connectivity index (χ2n) is 3.95. The fourth-order valence-corrected chi connectivity index (χ4v) is 2.55. The smallest absolute Gasteiger partial charge is 0.337 e. The van der Waals surface area contributed by atoms with Crippen molar-refractivity contribution in [3.8, 4) is 5.75 Å². The van der Waals surface area contributed by atoms with Gasteiger partial charge in [0.05, 0.1) is 17.6 Å². The van der Waals surface area contributed by atoms with E-state index in [1.807, 2.05) is 30.3 Å². The molecule has 0 aliphatic heterocycles. The highest BCUT2D eigenvalue weighted by atomic mass is 32.2. The highest BCUT2D eigenvalue weighted by Gasteiger charge is 2.09. The second-order valence-corrected chi connectivity index (χ2v) is 4.97. The molecule has 0 amide bonds. The van der Waals surface area contributed by atoms with Gasteiger partial charge in [0.15, 0.2) is 0 Å². The molecule has 2 aromatic rings. The summed E-state index contributed by atoms with van der Waals surface area (Å²) in [5.74, 6) is 0.508. The molecule has 0 saturated carbocycles. The fourth-order valence-electron chi connectivity index (χ4n) is 1.61. The predicted molar refractivity (Wildman–Crippen MR) is 75.4 cm³/mol. The first-order valence-electron chi connectivity index (χ1n) is 5.79. The van der Waals surface area contributed by atoms with Crippen LogP contribution in [0.1, 0.15) is 15.9 Å². The van der Waals surface area contributed by atoms with E-state index in [9.17, 15) is 9.90 Å². The lowest BCUT2D eigenvalue weighted by Gasteiger charge is -2.06. The van der Waals surface area contributed by atoms with Gasteiger partial charge in [-0.3, -0.25) is 0 Å². The quantitative estimate of drug-likeness (QED) is 0.685. The Bertz CT molecular complexity index is 567. The average Bonchev–Trinajstić information content (AvgIpc) is 2.46. The van der Waals surface area contributed by atoms with E-state index >= 15 is 0 Å². The molecular weight excluding hydrogens is 260 g/mol. The molecule has 2 rings (SSSR count). The van der Waals surface area contributed by atoms with Crippen LogP contribution in [0.2, 0.25) is 0 Å². The zero-order chi connectivity index (χ0) is 13.7. The number of thioether (sulfide) groups is 1. The van der Waals surface area contributed by atoms with Gasteiger partial charge in [0.1, 0.15) is 5.75 Å². The summed E-state index contributed by atoms with van der Waals surface area (Å²) in [5.41, 5.74) is 1.60. The summed E-state index contributed by atoms with van der Waals surface area (Å²) in [5, 5.41) is 9.79. The molecular formula is C15H14O3S. The number of carbonyl (C=O) groups excluding carboxylic acids is 1. The van der Waals surface area contributed by atoms with Gasteiger partial charge in [-0.05, 0) is 23.8 Å². The van der Waals surface area contributed by atoms with Crippen LogP contribution < -0.4 is 0 Å². The molecule has 0 atom stereocenters. The number of hydrogen-bond donors (Lipinski definition) is 1. The molecule has 3 nitrogen and oxygen atoms in total. The van der Waals surface area contributed by atoms with Crippen molar-refractivity contribution in [1.82, 2.24) is 0 Å². The van der Waals surface area contributed by atoms with Crippen LogP contribution in [0, 0.1) is 0 Å². The first kappa shape index (κ1) is 13.5. The van der Waals surface area contributed by atoms with Gasteiger partial charge in [-0.1, -0.05) is 30.3 Å². The van der Waals surface area contributed by atoms with E-state index in [1.165, 1.54) is 24.9 Å². The SMILES string of the molecule is COC(=O)c1ccc(O)c(SCc2ccccc2)c1. The van der Waals surface area contributed by atoms with Gasteiger partial charge < -0.3 is 9.84 Å². The number of carbonyl (C=O) groups is 1. The Morgan fingerprint density at radius 1 is 1.21 bits per heavy atom. The number of aromatic hydroxyl groups is 1. The third-order valence-corrected chi connectivity index (χ3v) is 3.73. The summed E-state index contributed by atoms with van der Waals surface area (Å²) in [6, 6.07) is 14.7. The minimum atomic E-state index is -0.401. The van der Waals surface area contributed by atoms with E-state index < -0.39 is 5.97 Å². The molecule has 19 heavy (non-hydrogen) atoms. The summed E-state index contributed by atoms with van der Waals surface area (Å²) in [4.78, 5) is 12.1. The van der Waals surface area contributed by atoms with Crippen LogP contribution in [-0.4, -0.2) is 18.2 Å². The van der Waals surface area contributed by atoms with Crippen LogP contribution in [0.5, 0.6) is 5.75 Å². The lowest BCUT2D eigenvalue weighted by molar-refractivity contribution is 0.0600. The summed E-state index contributed by atoms with van der Waals surface area (Å²) >= 11 is 1.48. The number of methoxy groups -OCH3 is 1. The zero-order valence-electron chi connectivity index (χ0n) is 10.5. The van der Waals surface area contributed by atoms with E-state index in [4.69, 9.17) is 0 Å². The summed E-state index contributed by atoms with van der Waals surface area (Å²) < 4.78 is 4.66. The van der Waals surface area contributed by atoms with Crippen molar-refractivity contribution >= 4 is 17.7 Å². The Hall–Kier alpha value is -1.94. The Labute approximate surface area is 116 Å². The topological polar surface area (TPSA) is 46.5 Å². The predicted octanol–water partition coefficient (Wildman–Crippen LogP) is 3.47. The van der Waals surface area contributed by atoms with E-state index in [0.29, 0.717) is 10.5 Å². The van der Waals surface area contributed by atoms with Crippen molar-refractivity contribution in [2.24, 2.45) is 0 Å². The lowest BCUT2D eigenvalue weighted by Crippen LogP contribution is -2.00. The van der Waals surface area contributed by atoms with Crippen LogP contribution in [0.4, 0.5) is 0 Å². The fraction of sp³-hybridized carbons (Fsp3) is 0.133. The minimum Gasteiger partial charge on any atom is -0.507 e. The highest BCUT2D eigenvalue weighted by Crippen LogP contribution is 2.31. The molecule has 0 aliphatic rings. The molecule has 0 heterocycles. The van der Waals surface area contributed by atoms with Gasteiger partial charge in [0, 0.05) is 5.75 Å². The normalized spacial score (nSPS) is 10.2.